The fraction of sp³-hybridized carbons (Fsp3) is 0.882. The maximum atomic E-state index is 11.8. The van der Waals surface area contributed by atoms with Gasteiger partial charge < -0.3 is 15.0 Å². The van der Waals surface area contributed by atoms with Gasteiger partial charge in [-0.3, -0.25) is 9.79 Å². The van der Waals surface area contributed by atoms with Crippen molar-refractivity contribution >= 4 is 11.9 Å². The van der Waals surface area contributed by atoms with Crippen molar-refractivity contribution in [1.82, 2.24) is 10.2 Å². The van der Waals surface area contributed by atoms with Crippen LogP contribution in [0.5, 0.6) is 0 Å². The standard InChI is InChI=1S/C17H33N3O2/c1-12(2)8-17(4,5)11-19-16(18-6)20-9-13(3)14(10-20)15(21)22-7/h12-14H,8-11H2,1-7H3,(H,18,19). The number of methoxy groups -OCH3 is 1. The second-order valence-corrected chi connectivity index (χ2v) is 7.67. The molecule has 22 heavy (non-hydrogen) atoms. The smallest absolute Gasteiger partial charge is 0.310 e. The first-order chi connectivity index (χ1) is 10.2. The molecular weight excluding hydrogens is 278 g/mol. The quantitative estimate of drug-likeness (QED) is 0.481. The lowest BCUT2D eigenvalue weighted by atomic mass is 9.84. The molecule has 0 aromatic carbocycles. The Morgan fingerprint density at radius 2 is 2.05 bits per heavy atom. The topological polar surface area (TPSA) is 53.9 Å². The second-order valence-electron chi connectivity index (χ2n) is 7.67. The zero-order valence-corrected chi connectivity index (χ0v) is 15.3. The van der Waals surface area contributed by atoms with Crippen molar-refractivity contribution in [1.29, 1.82) is 0 Å². The molecule has 0 radical (unpaired) electrons. The lowest BCUT2D eigenvalue weighted by molar-refractivity contribution is -0.145. The molecule has 2 unspecified atom stereocenters. The van der Waals surface area contributed by atoms with E-state index in [9.17, 15) is 4.79 Å². The third-order valence-electron chi connectivity index (χ3n) is 4.31. The number of esters is 1. The molecule has 0 aromatic heterocycles. The van der Waals surface area contributed by atoms with E-state index in [2.05, 4.69) is 49.8 Å². The first-order valence-corrected chi connectivity index (χ1v) is 8.23. The Labute approximate surface area is 135 Å². The van der Waals surface area contributed by atoms with Crippen molar-refractivity contribution in [2.45, 2.75) is 41.0 Å². The van der Waals surface area contributed by atoms with Crippen LogP contribution >= 0.6 is 0 Å². The van der Waals surface area contributed by atoms with Crippen molar-refractivity contribution in [2.75, 3.05) is 33.8 Å². The number of likely N-dealkylation sites (tertiary alicyclic amines) is 1. The molecule has 128 valence electrons. The van der Waals surface area contributed by atoms with Gasteiger partial charge in [0.2, 0.25) is 0 Å². The van der Waals surface area contributed by atoms with Crippen molar-refractivity contribution < 1.29 is 9.53 Å². The average Bonchev–Trinajstić information content (AvgIpc) is 2.79. The summed E-state index contributed by atoms with van der Waals surface area (Å²) < 4.78 is 4.90. The molecule has 0 spiro atoms. The summed E-state index contributed by atoms with van der Waals surface area (Å²) >= 11 is 0. The third-order valence-corrected chi connectivity index (χ3v) is 4.31. The number of guanidine groups is 1. The van der Waals surface area contributed by atoms with Gasteiger partial charge in [0, 0.05) is 26.7 Å². The summed E-state index contributed by atoms with van der Waals surface area (Å²) in [6, 6.07) is 0. The number of nitrogens with zero attached hydrogens (tertiary/aromatic N) is 2. The molecule has 1 fully saturated rings. The molecule has 0 saturated carbocycles. The largest absolute Gasteiger partial charge is 0.469 e. The number of hydrogen-bond acceptors (Lipinski definition) is 3. The fourth-order valence-electron chi connectivity index (χ4n) is 3.43. The van der Waals surface area contributed by atoms with Gasteiger partial charge >= 0.3 is 5.97 Å². The molecule has 0 aliphatic carbocycles. The Kier molecular flexibility index (Phi) is 6.69. The highest BCUT2D eigenvalue weighted by Crippen LogP contribution is 2.26. The number of carbonyl (C=O) groups excluding carboxylic acids is 1. The molecule has 0 bridgehead atoms. The first-order valence-electron chi connectivity index (χ1n) is 8.23. The van der Waals surface area contributed by atoms with Crippen LogP contribution in [0.4, 0.5) is 0 Å². The van der Waals surface area contributed by atoms with E-state index in [1.165, 1.54) is 7.11 Å². The first kappa shape index (κ1) is 18.8. The third kappa shape index (κ3) is 5.18. The molecule has 5 nitrogen and oxygen atoms in total. The maximum Gasteiger partial charge on any atom is 0.310 e. The van der Waals surface area contributed by atoms with E-state index in [0.717, 1.165) is 25.5 Å². The van der Waals surface area contributed by atoms with E-state index in [-0.39, 0.29) is 23.2 Å². The van der Waals surface area contributed by atoms with Gasteiger partial charge in [0.15, 0.2) is 5.96 Å². The normalized spacial score (nSPS) is 23.1. The minimum Gasteiger partial charge on any atom is -0.469 e. The van der Waals surface area contributed by atoms with Crippen LogP contribution < -0.4 is 5.32 Å². The number of hydrogen-bond donors (Lipinski definition) is 1. The summed E-state index contributed by atoms with van der Waals surface area (Å²) in [4.78, 5) is 18.4. The van der Waals surface area contributed by atoms with Crippen LogP contribution in [0.3, 0.4) is 0 Å². The lowest BCUT2D eigenvalue weighted by Crippen LogP contribution is -2.44. The SMILES string of the molecule is CN=C(NCC(C)(C)CC(C)C)N1CC(C)C(C(=O)OC)C1. The molecule has 5 heteroatoms. The summed E-state index contributed by atoms with van der Waals surface area (Å²) in [6.07, 6.45) is 1.16. The maximum absolute atomic E-state index is 11.8. The Morgan fingerprint density at radius 3 is 2.55 bits per heavy atom. The van der Waals surface area contributed by atoms with Gasteiger partial charge in [0.1, 0.15) is 0 Å². The van der Waals surface area contributed by atoms with Crippen LogP contribution in [0.1, 0.15) is 41.0 Å². The Bertz CT molecular complexity index is 405. The van der Waals surface area contributed by atoms with E-state index < -0.39 is 0 Å². The monoisotopic (exact) mass is 311 g/mol. The highest BCUT2D eigenvalue weighted by molar-refractivity contribution is 5.82. The molecule has 1 aliphatic rings. The second kappa shape index (κ2) is 7.84. The summed E-state index contributed by atoms with van der Waals surface area (Å²) in [6.45, 7) is 13.5. The molecule has 2 atom stereocenters. The number of nitrogens with one attached hydrogen (secondary N) is 1. The van der Waals surface area contributed by atoms with Gasteiger partial charge in [0.05, 0.1) is 13.0 Å². The predicted molar refractivity (Wildman–Crippen MR) is 90.8 cm³/mol. The van der Waals surface area contributed by atoms with Gasteiger partial charge in [-0.2, -0.15) is 0 Å². The zero-order valence-electron chi connectivity index (χ0n) is 15.3. The van der Waals surface area contributed by atoms with E-state index in [0.29, 0.717) is 12.5 Å². The zero-order chi connectivity index (χ0) is 16.9. The Morgan fingerprint density at radius 1 is 1.41 bits per heavy atom. The number of carbonyl (C=O) groups is 1. The predicted octanol–water partition coefficient (Wildman–Crippen LogP) is 2.38. The van der Waals surface area contributed by atoms with E-state index in [1.54, 1.807) is 7.05 Å². The summed E-state index contributed by atoms with van der Waals surface area (Å²) in [5, 5.41) is 3.48. The molecule has 1 rings (SSSR count). The highest BCUT2D eigenvalue weighted by Gasteiger charge is 2.37. The van der Waals surface area contributed by atoms with Gasteiger partial charge in [-0.1, -0.05) is 34.6 Å². The molecule has 1 saturated heterocycles. The molecule has 0 amide bonds. The van der Waals surface area contributed by atoms with Crippen LogP contribution in [0.2, 0.25) is 0 Å². The van der Waals surface area contributed by atoms with Crippen molar-refractivity contribution in [3.8, 4) is 0 Å². The van der Waals surface area contributed by atoms with E-state index >= 15 is 0 Å². The minimum absolute atomic E-state index is 0.0628. The number of ether oxygens (including phenoxy) is 1. The van der Waals surface area contributed by atoms with Crippen molar-refractivity contribution in [3.05, 3.63) is 0 Å². The van der Waals surface area contributed by atoms with E-state index in [1.807, 2.05) is 0 Å². The average molecular weight is 311 g/mol. The van der Waals surface area contributed by atoms with Gasteiger partial charge in [-0.25, -0.2) is 0 Å². The fourth-order valence-corrected chi connectivity index (χ4v) is 3.43. The van der Waals surface area contributed by atoms with Gasteiger partial charge in [-0.15, -0.1) is 0 Å². The summed E-state index contributed by atoms with van der Waals surface area (Å²) in [5.74, 6) is 1.66. The number of aliphatic imine (C=N–C) groups is 1. The van der Waals surface area contributed by atoms with E-state index in [4.69, 9.17) is 4.74 Å². The Hall–Kier alpha value is -1.26. The Balaban J connectivity index is 2.61. The lowest BCUT2D eigenvalue weighted by Gasteiger charge is -2.30. The number of rotatable bonds is 5. The van der Waals surface area contributed by atoms with Crippen LogP contribution in [-0.2, 0) is 9.53 Å². The molecule has 1 N–H and O–H groups in total. The summed E-state index contributed by atoms with van der Waals surface area (Å²) in [7, 11) is 3.26. The van der Waals surface area contributed by atoms with Crippen molar-refractivity contribution in [2.24, 2.45) is 28.2 Å². The van der Waals surface area contributed by atoms with Crippen LogP contribution in [0.15, 0.2) is 4.99 Å². The van der Waals surface area contributed by atoms with Crippen LogP contribution in [0.25, 0.3) is 0 Å². The van der Waals surface area contributed by atoms with Crippen LogP contribution in [-0.4, -0.2) is 50.6 Å². The highest BCUT2D eigenvalue weighted by atomic mass is 16.5. The molecule has 0 aromatic rings. The molecular formula is C17H33N3O2. The van der Waals surface area contributed by atoms with Crippen LogP contribution in [0, 0.1) is 23.2 Å². The molecule has 1 heterocycles. The van der Waals surface area contributed by atoms with Crippen molar-refractivity contribution in [3.63, 3.8) is 0 Å². The molecule has 1 aliphatic heterocycles. The van der Waals surface area contributed by atoms with Gasteiger partial charge in [0.25, 0.3) is 0 Å². The van der Waals surface area contributed by atoms with Gasteiger partial charge in [-0.05, 0) is 23.7 Å². The minimum atomic E-state index is -0.120. The summed E-state index contributed by atoms with van der Waals surface area (Å²) in [5.41, 5.74) is 0.219.